The van der Waals surface area contributed by atoms with E-state index < -0.39 is 0 Å². The molecule has 0 saturated heterocycles. The average molecular weight is 335 g/mol. The maximum atomic E-state index is 12.3. The van der Waals surface area contributed by atoms with Crippen molar-refractivity contribution in [1.82, 2.24) is 0 Å². The third-order valence-electron chi connectivity index (χ3n) is 4.20. The van der Waals surface area contributed by atoms with E-state index in [0.717, 1.165) is 35.0 Å². The number of hydrogen-bond acceptors (Lipinski definition) is 3. The summed E-state index contributed by atoms with van der Waals surface area (Å²) in [6.07, 6.45) is 2.38. The molecule has 0 spiro atoms. The van der Waals surface area contributed by atoms with Gasteiger partial charge in [-0.25, -0.2) is 4.79 Å². The van der Waals surface area contributed by atoms with Gasteiger partial charge in [-0.3, -0.25) is 4.79 Å². The van der Waals surface area contributed by atoms with Gasteiger partial charge in [0.05, 0.1) is 5.56 Å². The third-order valence-corrected chi connectivity index (χ3v) is 4.20. The predicted molar refractivity (Wildman–Crippen MR) is 101 cm³/mol. The molecule has 0 unspecified atom stereocenters. The molecule has 3 rings (SSSR count). The van der Waals surface area contributed by atoms with Crippen LogP contribution in [-0.2, 0) is 4.79 Å². The molecule has 0 radical (unpaired) electrons. The first-order valence-corrected chi connectivity index (χ1v) is 8.52. The number of unbranched alkanes of at least 4 members (excludes halogenated alkanes) is 1. The van der Waals surface area contributed by atoms with E-state index >= 15 is 0 Å². The monoisotopic (exact) mass is 335 g/mol. The fraction of sp³-hybridized carbons (Fsp3) is 0.238. The van der Waals surface area contributed by atoms with Crippen molar-refractivity contribution in [2.24, 2.45) is 0 Å². The number of aryl methyl sites for hydroxylation is 1. The summed E-state index contributed by atoms with van der Waals surface area (Å²) in [6, 6.07) is 14.9. The van der Waals surface area contributed by atoms with Crippen molar-refractivity contribution in [3.05, 3.63) is 64.5 Å². The molecule has 3 aromatic rings. The van der Waals surface area contributed by atoms with E-state index in [-0.39, 0.29) is 11.5 Å². The maximum Gasteiger partial charge on any atom is 0.344 e. The summed E-state index contributed by atoms with van der Waals surface area (Å²) in [7, 11) is 0. The molecule has 0 atom stereocenters. The van der Waals surface area contributed by atoms with E-state index in [1.807, 2.05) is 49.4 Å². The lowest BCUT2D eigenvalue weighted by molar-refractivity contribution is -0.116. The SMILES string of the molecule is CCCCC(=O)Nc1ccc(-c2cc3ccccc3oc2=O)c(C)c1. The zero-order valence-electron chi connectivity index (χ0n) is 14.5. The Hall–Kier alpha value is -2.88. The van der Waals surface area contributed by atoms with Crippen molar-refractivity contribution in [2.75, 3.05) is 5.32 Å². The first-order valence-electron chi connectivity index (χ1n) is 8.52. The van der Waals surface area contributed by atoms with E-state index in [2.05, 4.69) is 12.2 Å². The minimum absolute atomic E-state index is 0.0132. The molecule has 25 heavy (non-hydrogen) atoms. The summed E-state index contributed by atoms with van der Waals surface area (Å²) in [5, 5.41) is 3.78. The largest absolute Gasteiger partial charge is 0.422 e. The lowest BCUT2D eigenvalue weighted by Crippen LogP contribution is -2.11. The lowest BCUT2D eigenvalue weighted by Gasteiger charge is -2.10. The molecule has 1 aromatic heterocycles. The summed E-state index contributed by atoms with van der Waals surface area (Å²) in [5.74, 6) is 0.0132. The second-order valence-corrected chi connectivity index (χ2v) is 6.17. The number of anilines is 1. The van der Waals surface area contributed by atoms with E-state index in [0.29, 0.717) is 17.6 Å². The Morgan fingerprint density at radius 1 is 1.08 bits per heavy atom. The van der Waals surface area contributed by atoms with Crippen LogP contribution < -0.4 is 10.9 Å². The Kier molecular flexibility index (Phi) is 4.98. The number of nitrogens with one attached hydrogen (secondary N) is 1. The van der Waals surface area contributed by atoms with Gasteiger partial charge in [0.15, 0.2) is 0 Å². The number of amides is 1. The van der Waals surface area contributed by atoms with Crippen LogP contribution in [0.2, 0.25) is 0 Å². The van der Waals surface area contributed by atoms with Crippen LogP contribution in [0.1, 0.15) is 31.7 Å². The zero-order valence-corrected chi connectivity index (χ0v) is 14.5. The Bertz CT molecular complexity index is 972. The van der Waals surface area contributed by atoms with Gasteiger partial charge in [0, 0.05) is 17.5 Å². The first kappa shape index (κ1) is 17.0. The highest BCUT2D eigenvalue weighted by atomic mass is 16.4. The normalized spacial score (nSPS) is 10.8. The molecule has 0 aliphatic heterocycles. The van der Waals surface area contributed by atoms with Gasteiger partial charge in [0.1, 0.15) is 5.58 Å². The van der Waals surface area contributed by atoms with Gasteiger partial charge in [-0.1, -0.05) is 37.6 Å². The number of rotatable bonds is 5. The van der Waals surface area contributed by atoms with Crippen molar-refractivity contribution < 1.29 is 9.21 Å². The quantitative estimate of drug-likeness (QED) is 0.675. The molecule has 0 saturated carbocycles. The zero-order chi connectivity index (χ0) is 17.8. The minimum Gasteiger partial charge on any atom is -0.422 e. The van der Waals surface area contributed by atoms with Gasteiger partial charge in [-0.2, -0.15) is 0 Å². The molecular weight excluding hydrogens is 314 g/mol. The molecule has 1 heterocycles. The van der Waals surface area contributed by atoms with Gasteiger partial charge in [-0.05, 0) is 48.7 Å². The summed E-state index contributed by atoms with van der Waals surface area (Å²) in [4.78, 5) is 24.2. The second kappa shape index (κ2) is 7.34. The molecule has 128 valence electrons. The Labute approximate surface area is 146 Å². The van der Waals surface area contributed by atoms with Crippen LogP contribution in [0.4, 0.5) is 5.69 Å². The molecule has 1 N–H and O–H groups in total. The molecule has 0 fully saturated rings. The van der Waals surface area contributed by atoms with E-state index in [1.54, 1.807) is 6.07 Å². The molecular formula is C21H21NO3. The highest BCUT2D eigenvalue weighted by Crippen LogP contribution is 2.26. The summed E-state index contributed by atoms with van der Waals surface area (Å²) in [6.45, 7) is 3.98. The van der Waals surface area contributed by atoms with E-state index in [9.17, 15) is 9.59 Å². The number of para-hydroxylation sites is 1. The lowest BCUT2D eigenvalue weighted by atomic mass is 10.0. The summed E-state index contributed by atoms with van der Waals surface area (Å²) < 4.78 is 5.42. The Morgan fingerprint density at radius 3 is 2.64 bits per heavy atom. The molecule has 1 amide bonds. The molecule has 2 aromatic carbocycles. The van der Waals surface area contributed by atoms with Gasteiger partial charge in [-0.15, -0.1) is 0 Å². The van der Waals surface area contributed by atoms with Crippen molar-refractivity contribution in [1.29, 1.82) is 0 Å². The van der Waals surface area contributed by atoms with Crippen LogP contribution in [0.15, 0.2) is 57.7 Å². The summed E-state index contributed by atoms with van der Waals surface area (Å²) >= 11 is 0. The van der Waals surface area contributed by atoms with Gasteiger partial charge in [0.25, 0.3) is 0 Å². The molecule has 0 bridgehead atoms. The smallest absolute Gasteiger partial charge is 0.344 e. The Balaban J connectivity index is 1.92. The van der Waals surface area contributed by atoms with Crippen LogP contribution in [-0.4, -0.2) is 5.91 Å². The van der Waals surface area contributed by atoms with Gasteiger partial charge >= 0.3 is 5.63 Å². The highest BCUT2D eigenvalue weighted by Gasteiger charge is 2.11. The van der Waals surface area contributed by atoms with Gasteiger partial charge < -0.3 is 9.73 Å². The van der Waals surface area contributed by atoms with Crippen LogP contribution in [0, 0.1) is 6.92 Å². The van der Waals surface area contributed by atoms with Crippen molar-refractivity contribution in [3.63, 3.8) is 0 Å². The minimum atomic E-state index is -0.360. The topological polar surface area (TPSA) is 59.3 Å². The third kappa shape index (κ3) is 3.79. The molecule has 4 heteroatoms. The predicted octanol–water partition coefficient (Wildman–Crippen LogP) is 4.90. The van der Waals surface area contributed by atoms with Crippen LogP contribution in [0.5, 0.6) is 0 Å². The average Bonchev–Trinajstić information content (AvgIpc) is 2.60. The molecule has 0 aliphatic carbocycles. The van der Waals surface area contributed by atoms with E-state index in [4.69, 9.17) is 4.42 Å². The number of carbonyl (C=O) groups excluding carboxylic acids is 1. The van der Waals surface area contributed by atoms with Crippen molar-refractivity contribution >= 4 is 22.6 Å². The van der Waals surface area contributed by atoms with Crippen molar-refractivity contribution in [2.45, 2.75) is 33.1 Å². The van der Waals surface area contributed by atoms with Crippen LogP contribution >= 0.6 is 0 Å². The van der Waals surface area contributed by atoms with Crippen molar-refractivity contribution in [3.8, 4) is 11.1 Å². The first-order chi connectivity index (χ1) is 12.1. The standard InChI is InChI=1S/C21H21NO3/c1-3-4-9-20(23)22-16-10-11-17(14(2)12-16)18-13-15-7-5-6-8-19(15)25-21(18)24/h5-8,10-13H,3-4,9H2,1-2H3,(H,22,23). The number of benzene rings is 2. The number of fused-ring (bicyclic) bond motifs is 1. The van der Waals surface area contributed by atoms with Crippen LogP contribution in [0.25, 0.3) is 22.1 Å². The van der Waals surface area contributed by atoms with Gasteiger partial charge in [0.2, 0.25) is 5.91 Å². The Morgan fingerprint density at radius 2 is 1.88 bits per heavy atom. The molecule has 4 nitrogen and oxygen atoms in total. The fourth-order valence-electron chi connectivity index (χ4n) is 2.85. The highest BCUT2D eigenvalue weighted by molar-refractivity contribution is 5.91. The number of hydrogen-bond donors (Lipinski definition) is 1. The molecule has 0 aliphatic rings. The fourth-order valence-corrected chi connectivity index (χ4v) is 2.85. The number of carbonyl (C=O) groups is 1. The maximum absolute atomic E-state index is 12.3. The summed E-state index contributed by atoms with van der Waals surface area (Å²) in [5.41, 5.74) is 3.21. The van der Waals surface area contributed by atoms with Crippen LogP contribution in [0.3, 0.4) is 0 Å². The van der Waals surface area contributed by atoms with E-state index in [1.165, 1.54) is 0 Å². The second-order valence-electron chi connectivity index (χ2n) is 6.17.